The third kappa shape index (κ3) is 11.3. The van der Waals surface area contributed by atoms with Gasteiger partial charge in [-0.2, -0.15) is 0 Å². The summed E-state index contributed by atoms with van der Waals surface area (Å²) in [5.74, 6) is 0.655. The fourth-order valence-corrected chi connectivity index (χ4v) is 7.37. The first-order valence-corrected chi connectivity index (χ1v) is 21.2. The fourth-order valence-electron chi connectivity index (χ4n) is 7.25. The van der Waals surface area contributed by atoms with Gasteiger partial charge in [-0.15, -0.1) is 0 Å². The highest BCUT2D eigenvalue weighted by molar-refractivity contribution is 6.30. The summed E-state index contributed by atoms with van der Waals surface area (Å²) in [6.45, 7) is 7.53. The van der Waals surface area contributed by atoms with Gasteiger partial charge in [0.15, 0.2) is 11.3 Å². The van der Waals surface area contributed by atoms with Gasteiger partial charge in [0.05, 0.1) is 89.4 Å². The Kier molecular flexibility index (Phi) is 15.5. The first-order valence-electron chi connectivity index (χ1n) is 20.9. The van der Waals surface area contributed by atoms with Gasteiger partial charge < -0.3 is 38.7 Å². The van der Waals surface area contributed by atoms with E-state index in [9.17, 15) is 14.4 Å². The van der Waals surface area contributed by atoms with Gasteiger partial charge in [0.25, 0.3) is 5.91 Å². The van der Waals surface area contributed by atoms with Crippen LogP contribution in [0.5, 0.6) is 5.75 Å². The van der Waals surface area contributed by atoms with Gasteiger partial charge in [0.2, 0.25) is 11.8 Å². The van der Waals surface area contributed by atoms with Gasteiger partial charge in [0, 0.05) is 57.7 Å². The van der Waals surface area contributed by atoms with E-state index in [2.05, 4.69) is 15.6 Å². The molecule has 2 N–H and O–H groups in total. The number of carbonyl (C=O) groups is 3. The highest BCUT2D eigenvalue weighted by Gasteiger charge is 2.22. The number of benzene rings is 5. The third-order valence-corrected chi connectivity index (χ3v) is 10.6. The molecule has 15 heteroatoms. The molecule has 2 heterocycles. The summed E-state index contributed by atoms with van der Waals surface area (Å²) in [4.78, 5) is 48.8. The highest BCUT2D eigenvalue weighted by Crippen LogP contribution is 2.34. The lowest BCUT2D eigenvalue weighted by molar-refractivity contribution is -0.120. The van der Waals surface area contributed by atoms with Crippen LogP contribution >= 0.6 is 11.6 Å². The molecule has 1 aliphatic carbocycles. The lowest BCUT2D eigenvalue weighted by atomic mass is 10.1. The lowest BCUT2D eigenvalue weighted by Crippen LogP contribution is -2.29. The number of hydrogen-bond acceptors (Lipinski definition) is 11. The van der Waals surface area contributed by atoms with Crippen LogP contribution in [0.4, 0.5) is 5.69 Å². The normalized spacial score (nSPS) is 11.8. The predicted molar refractivity (Wildman–Crippen MR) is 242 cm³/mol. The number of amides is 2. The van der Waals surface area contributed by atoms with Crippen LogP contribution in [0.25, 0.3) is 44.2 Å². The average molecular weight is 876 g/mol. The summed E-state index contributed by atoms with van der Waals surface area (Å²) >= 11 is 6.04. The lowest BCUT2D eigenvalue weighted by Gasteiger charge is -2.13. The number of nitrogens with one attached hydrogen (secondary N) is 2. The number of fused-ring (bicyclic) bond motifs is 5. The van der Waals surface area contributed by atoms with E-state index < -0.39 is 0 Å². The molecule has 7 rings (SSSR count). The summed E-state index contributed by atoms with van der Waals surface area (Å²) in [6, 6.07) is 27.5. The highest BCUT2D eigenvalue weighted by atomic mass is 35.5. The van der Waals surface area contributed by atoms with Crippen molar-refractivity contribution in [1.29, 1.82) is 0 Å². The number of nitrogens with zero attached hydrogens (tertiary/aromatic N) is 3. The van der Waals surface area contributed by atoms with Crippen molar-refractivity contribution in [2.75, 3.05) is 78.4 Å². The van der Waals surface area contributed by atoms with Crippen LogP contribution in [-0.2, 0) is 35.0 Å². The number of methoxy groups -OCH3 is 1. The number of rotatable bonds is 21. The molecule has 0 radical (unpaired) electrons. The van der Waals surface area contributed by atoms with E-state index in [1.165, 1.54) is 0 Å². The number of anilines is 1. The summed E-state index contributed by atoms with van der Waals surface area (Å²) in [6.07, 6.45) is 0.248. The van der Waals surface area contributed by atoms with Crippen LogP contribution in [0.3, 0.4) is 0 Å². The van der Waals surface area contributed by atoms with Gasteiger partial charge >= 0.3 is 0 Å². The van der Waals surface area contributed by atoms with Crippen LogP contribution in [0, 0.1) is 6.92 Å². The predicted octanol–water partition coefficient (Wildman–Crippen LogP) is 7.37. The van der Waals surface area contributed by atoms with Crippen molar-refractivity contribution in [2.45, 2.75) is 26.7 Å². The van der Waals surface area contributed by atoms with Crippen LogP contribution in [0.2, 0.25) is 5.02 Å². The summed E-state index contributed by atoms with van der Waals surface area (Å²) in [5, 5.41) is 9.79. The molecular formula is C48H50ClN5O9. The molecule has 0 bridgehead atoms. The molecule has 14 nitrogen and oxygen atoms in total. The van der Waals surface area contributed by atoms with Crippen molar-refractivity contribution in [3.05, 3.63) is 118 Å². The zero-order valence-electron chi connectivity index (χ0n) is 35.5. The summed E-state index contributed by atoms with van der Waals surface area (Å²) < 4.78 is 35.8. The molecule has 1 aliphatic heterocycles. The van der Waals surface area contributed by atoms with E-state index in [0.717, 1.165) is 38.3 Å². The Balaban J connectivity index is 0.756. The van der Waals surface area contributed by atoms with Gasteiger partial charge in [0.1, 0.15) is 17.0 Å². The quantitative estimate of drug-likeness (QED) is 0.0423. The van der Waals surface area contributed by atoms with E-state index in [0.29, 0.717) is 104 Å². The zero-order valence-corrected chi connectivity index (χ0v) is 36.3. The molecule has 0 fully saturated rings. The van der Waals surface area contributed by atoms with Crippen molar-refractivity contribution in [2.24, 2.45) is 4.99 Å². The first-order chi connectivity index (χ1) is 30.7. The number of halogens is 1. The van der Waals surface area contributed by atoms with E-state index in [1.807, 2.05) is 74.5 Å². The minimum Gasteiger partial charge on any atom is -0.497 e. The van der Waals surface area contributed by atoms with Crippen LogP contribution in [0.1, 0.15) is 35.0 Å². The standard InChI is InChI=1S/C48H50ClN5O9/c1-4-50-34-13-15-40-43(27-34)63-44-30-41(36-7-5-6-8-37(36)47(44)53-40)52-45(55)17-19-59-21-23-61-25-26-62-24-22-60-20-18-51-46(56)29-38-31(2)54(42-16-14-35(58-3)28-39(38)42)48(57)32-9-11-33(49)12-10-32/h5-16,27-28,30H,4,17-26,29H2,1-3H3,(H,51,56)(H,52,55)/b50-34+. The van der Waals surface area contributed by atoms with Crippen molar-refractivity contribution in [3.63, 3.8) is 0 Å². The molecule has 63 heavy (non-hydrogen) atoms. The van der Waals surface area contributed by atoms with Gasteiger partial charge in [-0.05, 0) is 74.0 Å². The van der Waals surface area contributed by atoms with Crippen molar-refractivity contribution in [3.8, 4) is 17.2 Å². The van der Waals surface area contributed by atoms with E-state index in [-0.39, 0.29) is 37.2 Å². The smallest absolute Gasteiger partial charge is 0.262 e. The summed E-state index contributed by atoms with van der Waals surface area (Å²) in [7, 11) is 1.58. The van der Waals surface area contributed by atoms with E-state index >= 15 is 0 Å². The molecule has 5 aromatic rings. The fraction of sp³-hybridized carbons (Fsp3) is 0.312. The monoisotopic (exact) mass is 875 g/mol. The second-order valence-corrected chi connectivity index (χ2v) is 15.0. The molecular weight excluding hydrogens is 826 g/mol. The number of aromatic nitrogens is 2. The van der Waals surface area contributed by atoms with Gasteiger partial charge in [-0.1, -0.05) is 35.9 Å². The van der Waals surface area contributed by atoms with E-state index in [1.54, 1.807) is 42.0 Å². The largest absolute Gasteiger partial charge is 0.497 e. The molecule has 328 valence electrons. The van der Waals surface area contributed by atoms with Crippen molar-refractivity contribution >= 4 is 67.8 Å². The molecule has 0 saturated carbocycles. The van der Waals surface area contributed by atoms with Crippen LogP contribution < -0.4 is 20.7 Å². The van der Waals surface area contributed by atoms with Crippen molar-refractivity contribution < 1.29 is 42.5 Å². The van der Waals surface area contributed by atoms with Crippen LogP contribution in [-0.4, -0.2) is 100 Å². The van der Waals surface area contributed by atoms with Gasteiger partial charge in [-0.3, -0.25) is 23.9 Å². The second kappa shape index (κ2) is 21.8. The molecule has 1 aromatic heterocycles. The Bertz CT molecular complexity index is 2750. The van der Waals surface area contributed by atoms with E-state index in [4.69, 9.17) is 44.7 Å². The SMILES string of the molecule is CC/N=c1\ccc2nc3c(cc(NC(=O)CCOCCOCCOCCOCCNC(=O)Cc4c(C)n(C(=O)c5ccc(Cl)cc5)c5ccc(OC)cc45)c4ccccc43)oc-2c1. The number of hydrogen-bond donors (Lipinski definition) is 2. The maximum atomic E-state index is 13.5. The molecule has 0 atom stereocenters. The van der Waals surface area contributed by atoms with Crippen LogP contribution in [0.15, 0.2) is 100 Å². The minimum atomic E-state index is -0.215. The molecule has 0 spiro atoms. The molecule has 2 amide bonds. The molecule has 0 unspecified atom stereocenters. The Morgan fingerprint density at radius 1 is 0.778 bits per heavy atom. The first kappa shape index (κ1) is 44.9. The zero-order chi connectivity index (χ0) is 44.1. The summed E-state index contributed by atoms with van der Waals surface area (Å²) in [5.41, 5.74) is 5.24. The Hall–Kier alpha value is -6.16. The maximum Gasteiger partial charge on any atom is 0.262 e. The van der Waals surface area contributed by atoms with Gasteiger partial charge in [-0.25, -0.2) is 4.98 Å². The minimum absolute atomic E-state index is 0.0783. The molecule has 0 saturated heterocycles. The molecule has 4 aromatic carbocycles. The second-order valence-electron chi connectivity index (χ2n) is 14.5. The Morgan fingerprint density at radius 2 is 1.48 bits per heavy atom. The topological polar surface area (TPSA) is 165 Å². The number of carbonyl (C=O) groups excluding carboxylic acids is 3. The number of ether oxygens (including phenoxy) is 5. The average Bonchev–Trinajstić information content (AvgIpc) is 3.56. The maximum absolute atomic E-state index is 13.5. The molecule has 2 aliphatic rings. The Labute approximate surface area is 369 Å². The van der Waals surface area contributed by atoms with Crippen molar-refractivity contribution in [1.82, 2.24) is 14.9 Å². The Morgan fingerprint density at radius 3 is 2.19 bits per heavy atom. The third-order valence-electron chi connectivity index (χ3n) is 10.3.